The molecule has 0 aliphatic carbocycles. The Bertz CT molecular complexity index is 1330. The minimum absolute atomic E-state index is 0.346. The molecule has 34 heavy (non-hydrogen) atoms. The first-order valence-electron chi connectivity index (χ1n) is 10.9. The van der Waals surface area contributed by atoms with Crippen molar-refractivity contribution in [3.8, 4) is 0 Å². The van der Waals surface area contributed by atoms with Crippen molar-refractivity contribution in [1.82, 2.24) is 0 Å². The fraction of sp³-hybridized carbons (Fsp3) is 0.0714. The molecule has 0 amide bonds. The molecule has 0 fully saturated rings. The molecule has 0 saturated heterocycles. The van der Waals surface area contributed by atoms with E-state index in [4.69, 9.17) is 0 Å². The van der Waals surface area contributed by atoms with Gasteiger partial charge < -0.3 is 5.32 Å². The standard InChI is InChI=1S/C28H27N2O2PS/c1-23(28(30-34(2,31)32)29-24-15-7-3-8-16-24)33(25-17-9-4-10-18-25,26-19-11-5-12-20-26)27-21-13-6-14-22-27/h3-22H,1-2H3,(H,29,30). The van der Waals surface area contributed by atoms with Crippen LogP contribution in [0.2, 0.25) is 0 Å². The SMILES string of the molecule is CC(/C(=N/S(C)(=O)=O)Nc1ccccc1)=P(c1ccccc1)(c1ccccc1)c1ccccc1. The van der Waals surface area contributed by atoms with Crippen LogP contribution in [0.4, 0.5) is 5.69 Å². The Labute approximate surface area is 202 Å². The lowest BCUT2D eigenvalue weighted by atomic mass is 10.3. The van der Waals surface area contributed by atoms with E-state index in [2.05, 4.69) is 46.1 Å². The number of nitrogens with zero attached hydrogens (tertiary/aromatic N) is 1. The van der Waals surface area contributed by atoms with Crippen molar-refractivity contribution in [3.05, 3.63) is 121 Å². The number of rotatable bonds is 6. The summed E-state index contributed by atoms with van der Waals surface area (Å²) in [6.45, 7) is -0.464. The lowest BCUT2D eigenvalue weighted by Crippen LogP contribution is -2.35. The van der Waals surface area contributed by atoms with Crippen LogP contribution in [0.3, 0.4) is 0 Å². The Kier molecular flexibility index (Phi) is 7.16. The summed E-state index contributed by atoms with van der Waals surface area (Å²) in [6, 6.07) is 40.4. The van der Waals surface area contributed by atoms with Gasteiger partial charge in [0.1, 0.15) is 5.84 Å². The molecule has 0 aliphatic rings. The van der Waals surface area contributed by atoms with Crippen LogP contribution < -0.4 is 21.2 Å². The Balaban J connectivity index is 2.17. The molecule has 0 radical (unpaired) electrons. The Morgan fingerprint density at radius 1 is 0.647 bits per heavy atom. The molecule has 6 heteroatoms. The lowest BCUT2D eigenvalue weighted by molar-refractivity contribution is 0.604. The van der Waals surface area contributed by atoms with Crippen LogP contribution in [-0.4, -0.2) is 25.8 Å². The van der Waals surface area contributed by atoms with Crippen molar-refractivity contribution in [1.29, 1.82) is 0 Å². The van der Waals surface area contributed by atoms with Crippen molar-refractivity contribution < 1.29 is 8.42 Å². The summed E-state index contributed by atoms with van der Waals surface area (Å²) in [5.74, 6) is 0.346. The normalized spacial score (nSPS) is 12.2. The van der Waals surface area contributed by atoms with Crippen molar-refractivity contribution in [2.24, 2.45) is 4.40 Å². The molecule has 0 atom stereocenters. The van der Waals surface area contributed by atoms with Gasteiger partial charge in [0.05, 0.1) is 6.26 Å². The highest BCUT2D eigenvalue weighted by Gasteiger charge is 2.30. The van der Waals surface area contributed by atoms with Gasteiger partial charge in [-0.2, -0.15) is 0 Å². The van der Waals surface area contributed by atoms with Gasteiger partial charge in [0.2, 0.25) is 0 Å². The van der Waals surface area contributed by atoms with E-state index in [0.717, 1.165) is 33.2 Å². The second-order valence-electron chi connectivity index (χ2n) is 7.93. The Morgan fingerprint density at radius 3 is 1.35 bits per heavy atom. The summed E-state index contributed by atoms with van der Waals surface area (Å²) in [5, 5.41) is 7.57. The fourth-order valence-electron chi connectivity index (χ4n) is 4.15. The van der Waals surface area contributed by atoms with Gasteiger partial charge in [0.15, 0.2) is 0 Å². The smallest absolute Gasteiger partial charge is 0.252 e. The van der Waals surface area contributed by atoms with Crippen molar-refractivity contribution in [3.63, 3.8) is 0 Å². The molecule has 1 N–H and O–H groups in total. The molecule has 0 saturated carbocycles. The van der Waals surface area contributed by atoms with Gasteiger partial charge in [-0.3, -0.25) is 0 Å². The third-order valence-corrected chi connectivity index (χ3v) is 10.5. The molecule has 4 rings (SSSR count). The molecule has 0 unspecified atom stereocenters. The Hall–Kier alpha value is -3.40. The number of hydrogen-bond acceptors (Lipinski definition) is 2. The maximum absolute atomic E-state index is 12.4. The van der Waals surface area contributed by atoms with Gasteiger partial charge >= 0.3 is 0 Å². The third kappa shape index (κ3) is 5.06. The second-order valence-corrected chi connectivity index (χ2v) is 13.1. The first kappa shape index (κ1) is 23.7. The van der Waals surface area contributed by atoms with Gasteiger partial charge in [-0.05, 0) is 41.9 Å². The number of nitrogens with one attached hydrogen (secondary N) is 1. The number of sulfonamides is 1. The number of amidine groups is 1. The maximum atomic E-state index is 12.4. The summed E-state index contributed by atoms with van der Waals surface area (Å²) >= 11 is 0. The van der Waals surface area contributed by atoms with E-state index in [9.17, 15) is 8.42 Å². The first-order valence-corrected chi connectivity index (χ1v) is 14.6. The van der Waals surface area contributed by atoms with E-state index < -0.39 is 16.9 Å². The zero-order valence-corrected chi connectivity index (χ0v) is 20.9. The highest BCUT2D eigenvalue weighted by Crippen LogP contribution is 2.46. The molecule has 0 aliphatic heterocycles. The molecular weight excluding hydrogens is 459 g/mol. The maximum Gasteiger partial charge on any atom is 0.252 e. The third-order valence-electron chi connectivity index (χ3n) is 5.57. The quantitative estimate of drug-likeness (QED) is 0.245. The topological polar surface area (TPSA) is 58.5 Å². The number of anilines is 1. The largest absolute Gasteiger partial charge is 0.339 e. The van der Waals surface area contributed by atoms with Crippen molar-refractivity contribution in [2.45, 2.75) is 6.92 Å². The molecule has 172 valence electrons. The predicted octanol–water partition coefficient (Wildman–Crippen LogP) is 4.64. The highest BCUT2D eigenvalue weighted by atomic mass is 32.2. The molecule has 0 aromatic heterocycles. The van der Waals surface area contributed by atoms with E-state index in [-0.39, 0.29) is 0 Å². The van der Waals surface area contributed by atoms with Gasteiger partial charge in [0.25, 0.3) is 10.0 Å². The molecule has 4 aromatic rings. The van der Waals surface area contributed by atoms with Crippen LogP contribution in [0.1, 0.15) is 6.92 Å². The lowest BCUT2D eigenvalue weighted by Gasteiger charge is -2.32. The van der Waals surface area contributed by atoms with Crippen LogP contribution in [0.5, 0.6) is 0 Å². The predicted molar refractivity (Wildman–Crippen MR) is 148 cm³/mol. The average Bonchev–Trinajstić information content (AvgIpc) is 2.86. The number of benzene rings is 4. The summed E-state index contributed by atoms with van der Waals surface area (Å²) in [7, 11) is -3.67. The van der Waals surface area contributed by atoms with E-state index in [1.807, 2.05) is 91.9 Å². The molecule has 0 spiro atoms. The molecule has 0 heterocycles. The van der Waals surface area contributed by atoms with E-state index in [0.29, 0.717) is 5.84 Å². The molecule has 4 nitrogen and oxygen atoms in total. The minimum Gasteiger partial charge on any atom is -0.339 e. The van der Waals surface area contributed by atoms with Crippen LogP contribution >= 0.6 is 6.89 Å². The Morgan fingerprint density at radius 2 is 1.00 bits per heavy atom. The summed E-state index contributed by atoms with van der Waals surface area (Å²) in [6.07, 6.45) is 1.13. The number of para-hydroxylation sites is 1. The monoisotopic (exact) mass is 486 g/mol. The fourth-order valence-corrected chi connectivity index (χ4v) is 9.07. The summed E-state index contributed by atoms with van der Waals surface area (Å²) in [4.78, 5) is 0. The van der Waals surface area contributed by atoms with Gasteiger partial charge in [-0.25, -0.2) is 8.42 Å². The summed E-state index contributed by atoms with van der Waals surface area (Å²) in [5.41, 5.74) is 0.775. The van der Waals surface area contributed by atoms with E-state index >= 15 is 0 Å². The molecule has 4 aromatic carbocycles. The second kappa shape index (κ2) is 10.3. The van der Waals surface area contributed by atoms with Crippen LogP contribution in [0.15, 0.2) is 126 Å². The van der Waals surface area contributed by atoms with Gasteiger partial charge in [-0.15, -0.1) is 4.40 Å². The van der Waals surface area contributed by atoms with Gasteiger partial charge in [-0.1, -0.05) is 109 Å². The van der Waals surface area contributed by atoms with Gasteiger partial charge in [0, 0.05) is 11.0 Å². The van der Waals surface area contributed by atoms with E-state index in [1.165, 1.54) is 0 Å². The minimum atomic E-state index is -3.67. The van der Waals surface area contributed by atoms with Crippen molar-refractivity contribution >= 4 is 49.6 Å². The summed E-state index contributed by atoms with van der Waals surface area (Å²) < 4.78 is 29.1. The zero-order chi connectivity index (χ0) is 24.0. The van der Waals surface area contributed by atoms with Crippen LogP contribution in [0, 0.1) is 0 Å². The first-order chi connectivity index (χ1) is 16.4. The number of hydrogen-bond donors (Lipinski definition) is 1. The molecular formula is C28H27N2O2PS. The van der Waals surface area contributed by atoms with Crippen LogP contribution in [0.25, 0.3) is 0 Å². The van der Waals surface area contributed by atoms with Crippen molar-refractivity contribution in [2.75, 3.05) is 11.6 Å². The van der Waals surface area contributed by atoms with Crippen LogP contribution in [-0.2, 0) is 10.0 Å². The average molecular weight is 487 g/mol. The molecule has 0 bridgehead atoms. The van der Waals surface area contributed by atoms with E-state index in [1.54, 1.807) is 0 Å². The zero-order valence-electron chi connectivity index (χ0n) is 19.2. The highest BCUT2D eigenvalue weighted by molar-refractivity contribution is 7.96.